The standard InChI is InChI=1S/C13H21N3O2S/c1-10(2)8-15-19(17,18)16-7-6-12-11(9-16)4-3-5-13(12)14/h3-5,10,15H,6-9,14H2,1-2H3. The third-order valence-electron chi connectivity index (χ3n) is 3.28. The van der Waals surface area contributed by atoms with Crippen LogP contribution in [0.4, 0.5) is 5.69 Å². The van der Waals surface area contributed by atoms with E-state index in [1.54, 1.807) is 0 Å². The monoisotopic (exact) mass is 283 g/mol. The lowest BCUT2D eigenvalue weighted by atomic mass is 9.99. The number of nitrogens with zero attached hydrogens (tertiary/aromatic N) is 1. The Morgan fingerprint density at radius 2 is 2.16 bits per heavy atom. The summed E-state index contributed by atoms with van der Waals surface area (Å²) in [6, 6.07) is 5.67. The van der Waals surface area contributed by atoms with Crippen LogP contribution in [0.15, 0.2) is 18.2 Å². The molecule has 1 aliphatic rings. The molecule has 6 heteroatoms. The van der Waals surface area contributed by atoms with Crippen LogP contribution in [-0.2, 0) is 23.2 Å². The average molecular weight is 283 g/mol. The van der Waals surface area contributed by atoms with Gasteiger partial charge in [-0.2, -0.15) is 12.7 Å². The minimum absolute atomic E-state index is 0.294. The van der Waals surface area contributed by atoms with Crippen molar-refractivity contribution in [2.45, 2.75) is 26.8 Å². The van der Waals surface area contributed by atoms with E-state index >= 15 is 0 Å². The molecular weight excluding hydrogens is 262 g/mol. The fraction of sp³-hybridized carbons (Fsp3) is 0.538. The van der Waals surface area contributed by atoms with Crippen molar-refractivity contribution in [1.82, 2.24) is 9.03 Å². The predicted molar refractivity (Wildman–Crippen MR) is 76.7 cm³/mol. The van der Waals surface area contributed by atoms with Crippen molar-refractivity contribution >= 4 is 15.9 Å². The Kier molecular flexibility index (Phi) is 4.13. The third-order valence-corrected chi connectivity index (χ3v) is 4.80. The van der Waals surface area contributed by atoms with Crippen LogP contribution >= 0.6 is 0 Å². The number of nitrogens with two attached hydrogens (primary N) is 1. The Hall–Kier alpha value is -1.11. The lowest BCUT2D eigenvalue weighted by Crippen LogP contribution is -2.44. The number of rotatable bonds is 4. The summed E-state index contributed by atoms with van der Waals surface area (Å²) in [4.78, 5) is 0. The molecule has 1 aliphatic heterocycles. The molecule has 0 bridgehead atoms. The molecule has 0 unspecified atom stereocenters. The van der Waals surface area contributed by atoms with Crippen molar-refractivity contribution in [3.8, 4) is 0 Å². The van der Waals surface area contributed by atoms with E-state index in [9.17, 15) is 8.42 Å². The van der Waals surface area contributed by atoms with Gasteiger partial charge in [0.25, 0.3) is 10.2 Å². The Morgan fingerprint density at radius 1 is 1.42 bits per heavy atom. The maximum absolute atomic E-state index is 12.2. The summed E-state index contributed by atoms with van der Waals surface area (Å²) in [5.41, 5.74) is 8.75. The number of nitrogens with one attached hydrogen (secondary N) is 1. The first-order chi connectivity index (χ1) is 8.90. The van der Waals surface area contributed by atoms with Crippen molar-refractivity contribution < 1.29 is 8.42 Å². The maximum Gasteiger partial charge on any atom is 0.279 e. The minimum atomic E-state index is -3.39. The Labute approximate surface area is 115 Å². The fourth-order valence-electron chi connectivity index (χ4n) is 2.18. The van der Waals surface area contributed by atoms with E-state index in [2.05, 4.69) is 4.72 Å². The van der Waals surface area contributed by atoms with Gasteiger partial charge in [-0.3, -0.25) is 0 Å². The molecule has 106 valence electrons. The van der Waals surface area contributed by atoms with Crippen LogP contribution in [0.5, 0.6) is 0 Å². The summed E-state index contributed by atoms with van der Waals surface area (Å²) in [5, 5.41) is 0. The van der Waals surface area contributed by atoms with Crippen LogP contribution in [0.1, 0.15) is 25.0 Å². The van der Waals surface area contributed by atoms with Crippen molar-refractivity contribution in [3.05, 3.63) is 29.3 Å². The van der Waals surface area contributed by atoms with Crippen molar-refractivity contribution in [2.75, 3.05) is 18.8 Å². The zero-order chi connectivity index (χ0) is 14.0. The number of hydrogen-bond donors (Lipinski definition) is 2. The van der Waals surface area contributed by atoms with E-state index in [1.807, 2.05) is 32.0 Å². The normalized spacial score (nSPS) is 16.6. The highest BCUT2D eigenvalue weighted by molar-refractivity contribution is 7.87. The average Bonchev–Trinajstić information content (AvgIpc) is 2.36. The Morgan fingerprint density at radius 3 is 2.84 bits per heavy atom. The van der Waals surface area contributed by atoms with Gasteiger partial charge in [-0.25, -0.2) is 4.72 Å². The quantitative estimate of drug-likeness (QED) is 0.813. The van der Waals surface area contributed by atoms with Crippen LogP contribution in [0.25, 0.3) is 0 Å². The van der Waals surface area contributed by atoms with Gasteiger partial charge in [-0.05, 0) is 29.5 Å². The molecule has 0 aromatic heterocycles. The lowest BCUT2D eigenvalue weighted by molar-refractivity contribution is 0.382. The molecule has 2 rings (SSSR count). The molecule has 0 spiro atoms. The smallest absolute Gasteiger partial charge is 0.279 e. The summed E-state index contributed by atoms with van der Waals surface area (Å²) in [6.07, 6.45) is 0.671. The first-order valence-electron chi connectivity index (χ1n) is 6.51. The van der Waals surface area contributed by atoms with Gasteiger partial charge in [0.05, 0.1) is 0 Å². The van der Waals surface area contributed by atoms with E-state index in [4.69, 9.17) is 5.73 Å². The summed E-state index contributed by atoms with van der Waals surface area (Å²) >= 11 is 0. The van der Waals surface area contributed by atoms with Gasteiger partial charge < -0.3 is 5.73 Å². The second kappa shape index (κ2) is 5.48. The highest BCUT2D eigenvalue weighted by Gasteiger charge is 2.27. The van der Waals surface area contributed by atoms with Gasteiger partial charge in [0, 0.05) is 25.3 Å². The second-order valence-corrected chi connectivity index (χ2v) is 7.07. The topological polar surface area (TPSA) is 75.4 Å². The molecule has 5 nitrogen and oxygen atoms in total. The molecular formula is C13H21N3O2S. The summed E-state index contributed by atoms with van der Waals surface area (Å²) in [6.45, 7) is 5.30. The SMILES string of the molecule is CC(C)CNS(=O)(=O)N1CCc2c(N)cccc2C1. The van der Waals surface area contributed by atoms with Crippen molar-refractivity contribution in [3.63, 3.8) is 0 Å². The van der Waals surface area contributed by atoms with Gasteiger partial charge in [0.1, 0.15) is 0 Å². The van der Waals surface area contributed by atoms with Crippen LogP contribution in [-0.4, -0.2) is 25.8 Å². The summed E-state index contributed by atoms with van der Waals surface area (Å²) < 4.78 is 28.5. The van der Waals surface area contributed by atoms with Crippen LogP contribution in [0.3, 0.4) is 0 Å². The second-order valence-electron chi connectivity index (χ2n) is 5.32. The number of fused-ring (bicyclic) bond motifs is 1. The zero-order valence-electron chi connectivity index (χ0n) is 11.4. The molecule has 1 aromatic carbocycles. The first kappa shape index (κ1) is 14.3. The molecule has 19 heavy (non-hydrogen) atoms. The van der Waals surface area contributed by atoms with Gasteiger partial charge >= 0.3 is 0 Å². The fourth-order valence-corrected chi connectivity index (χ4v) is 3.55. The van der Waals surface area contributed by atoms with Gasteiger partial charge in [0.2, 0.25) is 0 Å². The Balaban J connectivity index is 2.13. The van der Waals surface area contributed by atoms with E-state index in [1.165, 1.54) is 4.31 Å². The molecule has 0 amide bonds. The highest BCUT2D eigenvalue weighted by Crippen LogP contribution is 2.25. The van der Waals surface area contributed by atoms with Crippen molar-refractivity contribution in [1.29, 1.82) is 0 Å². The third kappa shape index (κ3) is 3.26. The maximum atomic E-state index is 12.2. The molecule has 0 saturated heterocycles. The molecule has 0 radical (unpaired) electrons. The highest BCUT2D eigenvalue weighted by atomic mass is 32.2. The van der Waals surface area contributed by atoms with E-state index in [-0.39, 0.29) is 0 Å². The first-order valence-corrected chi connectivity index (χ1v) is 7.95. The van der Waals surface area contributed by atoms with E-state index in [0.29, 0.717) is 32.0 Å². The molecule has 0 saturated carbocycles. The molecule has 1 heterocycles. The van der Waals surface area contributed by atoms with Crippen molar-refractivity contribution in [2.24, 2.45) is 5.92 Å². The van der Waals surface area contributed by atoms with E-state index < -0.39 is 10.2 Å². The van der Waals surface area contributed by atoms with Gasteiger partial charge in [-0.1, -0.05) is 26.0 Å². The summed E-state index contributed by atoms with van der Waals surface area (Å²) in [5.74, 6) is 0.294. The minimum Gasteiger partial charge on any atom is -0.398 e. The van der Waals surface area contributed by atoms with Crippen LogP contribution in [0.2, 0.25) is 0 Å². The van der Waals surface area contributed by atoms with Crippen LogP contribution < -0.4 is 10.5 Å². The van der Waals surface area contributed by atoms with Gasteiger partial charge in [-0.15, -0.1) is 0 Å². The number of nitrogen functional groups attached to an aromatic ring is 1. The number of hydrogen-bond acceptors (Lipinski definition) is 3. The largest absolute Gasteiger partial charge is 0.398 e. The number of anilines is 1. The van der Waals surface area contributed by atoms with Gasteiger partial charge in [0.15, 0.2) is 0 Å². The number of benzene rings is 1. The molecule has 0 aliphatic carbocycles. The zero-order valence-corrected chi connectivity index (χ0v) is 12.2. The molecule has 1 aromatic rings. The van der Waals surface area contributed by atoms with E-state index in [0.717, 1.165) is 16.8 Å². The predicted octanol–water partition coefficient (Wildman–Crippen LogP) is 1.12. The summed E-state index contributed by atoms with van der Waals surface area (Å²) in [7, 11) is -3.39. The lowest BCUT2D eigenvalue weighted by Gasteiger charge is -2.29. The molecule has 0 fully saturated rings. The molecule has 0 atom stereocenters. The Bertz CT molecular complexity index is 555. The van der Waals surface area contributed by atoms with Crippen LogP contribution in [0, 0.1) is 5.92 Å². The molecule has 3 N–H and O–H groups in total.